The summed E-state index contributed by atoms with van der Waals surface area (Å²) in [5.41, 5.74) is 3.89. The molecule has 0 spiro atoms. The van der Waals surface area contributed by atoms with Crippen LogP contribution in [-0.4, -0.2) is 0 Å². The first kappa shape index (κ1) is 10.8. The van der Waals surface area contributed by atoms with Gasteiger partial charge in [0.2, 0.25) is 6.17 Å². The average molecular weight is 234 g/mol. The van der Waals surface area contributed by atoms with Gasteiger partial charge in [0, 0.05) is 5.56 Å². The van der Waals surface area contributed by atoms with Gasteiger partial charge in [0.1, 0.15) is 0 Å². The van der Waals surface area contributed by atoms with E-state index in [1.165, 1.54) is 0 Å². The van der Waals surface area contributed by atoms with Crippen molar-refractivity contribution in [1.82, 2.24) is 0 Å². The van der Waals surface area contributed by atoms with Crippen molar-refractivity contribution in [3.8, 4) is 11.1 Å². The molecule has 4 nitrogen and oxygen atoms in total. The lowest BCUT2D eigenvalue weighted by molar-refractivity contribution is 0.767. The first-order valence-electron chi connectivity index (χ1n) is 5.59. The first-order chi connectivity index (χ1) is 8.84. The van der Waals surface area contributed by atoms with E-state index in [0.29, 0.717) is 0 Å². The Morgan fingerprint density at radius 3 is 2.22 bits per heavy atom. The third-order valence-corrected chi connectivity index (χ3v) is 2.82. The maximum Gasteiger partial charge on any atom is 0.211 e. The minimum atomic E-state index is -0.334. The van der Waals surface area contributed by atoms with Crippen LogP contribution >= 0.6 is 0 Å². The van der Waals surface area contributed by atoms with Gasteiger partial charge in [0.25, 0.3) is 0 Å². The van der Waals surface area contributed by atoms with Crippen molar-refractivity contribution < 1.29 is 0 Å². The molecule has 2 radical (unpaired) electrons. The van der Waals surface area contributed by atoms with Crippen molar-refractivity contribution in [2.75, 3.05) is 0 Å². The number of rotatable bonds is 2. The quantitative estimate of drug-likeness (QED) is 0.746. The highest BCUT2D eigenvalue weighted by molar-refractivity contribution is 5.68. The zero-order chi connectivity index (χ0) is 12.4. The van der Waals surface area contributed by atoms with E-state index in [1.807, 2.05) is 48.5 Å². The molecule has 1 aliphatic heterocycles. The Kier molecular flexibility index (Phi) is 2.68. The highest BCUT2D eigenvalue weighted by atomic mass is 15.6. The molecule has 0 aliphatic carbocycles. The van der Waals surface area contributed by atoms with E-state index in [4.69, 9.17) is 6.92 Å². The van der Waals surface area contributed by atoms with E-state index in [9.17, 15) is 0 Å². The minimum absolute atomic E-state index is 0.334. The van der Waals surface area contributed by atoms with Crippen molar-refractivity contribution in [2.24, 2.45) is 20.7 Å². The summed E-state index contributed by atoms with van der Waals surface area (Å²) in [7, 11) is 0. The normalized spacial score (nSPS) is 14.3. The second kappa shape index (κ2) is 4.49. The molecule has 4 heteroatoms. The van der Waals surface area contributed by atoms with Gasteiger partial charge in [-0.3, -0.25) is 0 Å². The van der Waals surface area contributed by atoms with Crippen LogP contribution in [-0.2, 0) is 0 Å². The van der Waals surface area contributed by atoms with Crippen LogP contribution in [0.25, 0.3) is 11.1 Å². The van der Waals surface area contributed by atoms with Crippen molar-refractivity contribution in [1.29, 1.82) is 0 Å². The van der Waals surface area contributed by atoms with Crippen LogP contribution in [0.1, 0.15) is 17.3 Å². The third kappa shape index (κ3) is 1.93. The van der Waals surface area contributed by atoms with E-state index < -0.39 is 0 Å². The lowest BCUT2D eigenvalue weighted by Gasteiger charge is -2.10. The van der Waals surface area contributed by atoms with Crippen molar-refractivity contribution in [3.63, 3.8) is 0 Å². The standard InChI is InChI=1S/C14H10N4/c1-10-6-8-11(9-7-10)12-4-2-3-5-13(12)14-15-17-18-16-14/h1-9,14H. The first-order valence-corrected chi connectivity index (χ1v) is 5.59. The fraction of sp³-hybridized carbons (Fsp3) is 0.0714. The Morgan fingerprint density at radius 1 is 0.833 bits per heavy atom. The second-order valence-electron chi connectivity index (χ2n) is 3.99. The Morgan fingerprint density at radius 2 is 1.50 bits per heavy atom. The summed E-state index contributed by atoms with van der Waals surface area (Å²) >= 11 is 0. The van der Waals surface area contributed by atoms with Crippen molar-refractivity contribution in [3.05, 3.63) is 66.6 Å². The van der Waals surface area contributed by atoms with Crippen LogP contribution in [0.3, 0.4) is 0 Å². The maximum atomic E-state index is 5.70. The van der Waals surface area contributed by atoms with E-state index >= 15 is 0 Å². The maximum absolute atomic E-state index is 5.70. The topological polar surface area (TPSA) is 49.4 Å². The zero-order valence-corrected chi connectivity index (χ0v) is 9.56. The monoisotopic (exact) mass is 234 g/mol. The minimum Gasteiger partial charge on any atom is -0.133 e. The SMILES string of the molecule is [CH]c1ccc(-c2ccccc2C2N=NN=N2)cc1. The number of hydrogen-bond acceptors (Lipinski definition) is 4. The molecular formula is C14H10N4. The number of nitrogens with zero attached hydrogens (tertiary/aromatic N) is 4. The molecule has 0 unspecified atom stereocenters. The number of benzene rings is 2. The molecule has 0 fully saturated rings. The van der Waals surface area contributed by atoms with E-state index in [-0.39, 0.29) is 6.17 Å². The molecule has 0 bridgehead atoms. The summed E-state index contributed by atoms with van der Waals surface area (Å²) in [5, 5.41) is 15.1. The Bertz CT molecular complexity index is 602. The molecule has 18 heavy (non-hydrogen) atoms. The summed E-state index contributed by atoms with van der Waals surface area (Å²) in [6.45, 7) is 5.70. The molecule has 1 aliphatic rings. The van der Waals surface area contributed by atoms with E-state index in [1.54, 1.807) is 0 Å². The van der Waals surface area contributed by atoms with Gasteiger partial charge in [-0.05, 0) is 34.1 Å². The number of hydrogen-bond donors (Lipinski definition) is 0. The van der Waals surface area contributed by atoms with Gasteiger partial charge in [0.05, 0.1) is 0 Å². The fourth-order valence-corrected chi connectivity index (χ4v) is 1.94. The van der Waals surface area contributed by atoms with Crippen molar-refractivity contribution >= 4 is 0 Å². The summed E-state index contributed by atoms with van der Waals surface area (Å²) in [6, 6.07) is 15.7. The molecule has 0 N–H and O–H groups in total. The molecule has 0 aromatic heterocycles. The van der Waals surface area contributed by atoms with Crippen LogP contribution in [0.15, 0.2) is 69.2 Å². The lowest BCUT2D eigenvalue weighted by Crippen LogP contribution is -1.92. The summed E-state index contributed by atoms with van der Waals surface area (Å²) in [5.74, 6) is 0. The van der Waals surface area contributed by atoms with Crippen LogP contribution in [0.5, 0.6) is 0 Å². The molecule has 0 amide bonds. The van der Waals surface area contributed by atoms with Gasteiger partial charge in [-0.2, -0.15) is 0 Å². The predicted octanol–water partition coefficient (Wildman–Crippen LogP) is 4.24. The largest absolute Gasteiger partial charge is 0.211 e. The Hall–Kier alpha value is -2.36. The van der Waals surface area contributed by atoms with Gasteiger partial charge in [-0.15, -0.1) is 10.2 Å². The van der Waals surface area contributed by atoms with Gasteiger partial charge in [0.15, 0.2) is 0 Å². The molecule has 0 atom stereocenters. The van der Waals surface area contributed by atoms with Gasteiger partial charge >= 0.3 is 0 Å². The van der Waals surface area contributed by atoms with Crippen LogP contribution in [0.2, 0.25) is 0 Å². The average Bonchev–Trinajstić information content (AvgIpc) is 2.93. The fourth-order valence-electron chi connectivity index (χ4n) is 1.94. The van der Waals surface area contributed by atoms with Crippen LogP contribution in [0, 0.1) is 6.92 Å². The van der Waals surface area contributed by atoms with Gasteiger partial charge in [-0.25, -0.2) is 0 Å². The van der Waals surface area contributed by atoms with E-state index in [2.05, 4.69) is 20.7 Å². The summed E-state index contributed by atoms with van der Waals surface area (Å²) in [4.78, 5) is 0. The molecule has 3 rings (SSSR count). The van der Waals surface area contributed by atoms with E-state index in [0.717, 1.165) is 22.3 Å². The van der Waals surface area contributed by atoms with Crippen LogP contribution < -0.4 is 0 Å². The molecule has 1 heterocycles. The molecule has 86 valence electrons. The van der Waals surface area contributed by atoms with Crippen LogP contribution in [0.4, 0.5) is 0 Å². The molecule has 0 saturated carbocycles. The molecule has 2 aromatic carbocycles. The lowest BCUT2D eigenvalue weighted by atomic mass is 9.97. The van der Waals surface area contributed by atoms with Gasteiger partial charge < -0.3 is 0 Å². The Balaban J connectivity index is 2.09. The highest BCUT2D eigenvalue weighted by Gasteiger charge is 2.17. The van der Waals surface area contributed by atoms with Gasteiger partial charge in [-0.1, -0.05) is 48.5 Å². The Labute approximate surface area is 105 Å². The molecular weight excluding hydrogens is 224 g/mol. The second-order valence-corrected chi connectivity index (χ2v) is 3.99. The highest BCUT2D eigenvalue weighted by Crippen LogP contribution is 2.33. The zero-order valence-electron chi connectivity index (χ0n) is 9.56. The third-order valence-electron chi connectivity index (χ3n) is 2.82. The molecule has 2 aromatic rings. The summed E-state index contributed by atoms with van der Waals surface area (Å²) < 4.78 is 0. The van der Waals surface area contributed by atoms with Crippen molar-refractivity contribution in [2.45, 2.75) is 6.17 Å². The molecule has 0 saturated heterocycles. The summed E-state index contributed by atoms with van der Waals surface area (Å²) in [6.07, 6.45) is -0.334. The predicted molar refractivity (Wildman–Crippen MR) is 67.7 cm³/mol. The smallest absolute Gasteiger partial charge is 0.133 e.